The number of aryl methyl sites for hydroxylation is 3. The first-order valence-electron chi connectivity index (χ1n) is 8.30. The summed E-state index contributed by atoms with van der Waals surface area (Å²) in [6, 6.07) is 11.2. The summed E-state index contributed by atoms with van der Waals surface area (Å²) in [5.74, 6) is 0. The molecule has 1 N–H and O–H groups in total. The Labute approximate surface area is 132 Å². The van der Waals surface area contributed by atoms with Gasteiger partial charge in [0.15, 0.2) is 0 Å². The molecule has 2 heteroatoms. The molecule has 4 rings (SSSR count). The molecule has 2 nitrogen and oxygen atoms in total. The van der Waals surface area contributed by atoms with Crippen LogP contribution in [0.15, 0.2) is 42.1 Å². The number of fused-ring (bicyclic) bond motifs is 2. The van der Waals surface area contributed by atoms with Gasteiger partial charge in [-0.15, -0.1) is 0 Å². The zero-order chi connectivity index (χ0) is 14.9. The molecule has 1 saturated heterocycles. The third-order valence-electron chi connectivity index (χ3n) is 4.85. The van der Waals surface area contributed by atoms with Crippen molar-refractivity contribution in [1.29, 1.82) is 0 Å². The number of rotatable bonds is 0. The second-order valence-corrected chi connectivity index (χ2v) is 6.41. The maximum atomic E-state index is 4.86. The number of piperidine rings is 1. The molecule has 22 heavy (non-hydrogen) atoms. The lowest BCUT2D eigenvalue weighted by Crippen LogP contribution is -2.24. The van der Waals surface area contributed by atoms with Gasteiger partial charge in [-0.05, 0) is 68.0 Å². The van der Waals surface area contributed by atoms with Crippen molar-refractivity contribution in [2.24, 2.45) is 0 Å². The summed E-state index contributed by atoms with van der Waals surface area (Å²) >= 11 is 0. The van der Waals surface area contributed by atoms with Crippen LogP contribution >= 0.6 is 0 Å². The molecule has 112 valence electrons. The predicted molar refractivity (Wildman–Crippen MR) is 90.9 cm³/mol. The zero-order valence-corrected chi connectivity index (χ0v) is 13.2. The van der Waals surface area contributed by atoms with E-state index in [0.29, 0.717) is 0 Å². The monoisotopic (exact) mass is 290 g/mol. The molecule has 0 saturated carbocycles. The Morgan fingerprint density at radius 2 is 1.73 bits per heavy atom. The van der Waals surface area contributed by atoms with Crippen molar-refractivity contribution in [3.05, 3.63) is 70.0 Å². The fourth-order valence-corrected chi connectivity index (χ4v) is 3.76. The van der Waals surface area contributed by atoms with Crippen molar-refractivity contribution in [2.75, 3.05) is 13.1 Å². The van der Waals surface area contributed by atoms with Gasteiger partial charge in [-0.3, -0.25) is 4.98 Å². The van der Waals surface area contributed by atoms with Crippen LogP contribution in [0.2, 0.25) is 0 Å². The van der Waals surface area contributed by atoms with E-state index in [2.05, 4.69) is 42.6 Å². The molecule has 2 heterocycles. The number of pyridine rings is 1. The fraction of sp³-hybridized carbons (Fsp3) is 0.350. The molecule has 0 spiro atoms. The highest BCUT2D eigenvalue weighted by Gasteiger charge is 2.23. The summed E-state index contributed by atoms with van der Waals surface area (Å²) in [6.45, 7) is 4.31. The summed E-state index contributed by atoms with van der Waals surface area (Å²) in [4.78, 5) is 4.86. The van der Waals surface area contributed by atoms with E-state index in [1.54, 1.807) is 5.57 Å². The van der Waals surface area contributed by atoms with Gasteiger partial charge in [-0.2, -0.15) is 0 Å². The Morgan fingerprint density at radius 3 is 2.59 bits per heavy atom. The average Bonchev–Trinajstić information content (AvgIpc) is 2.72. The van der Waals surface area contributed by atoms with E-state index in [9.17, 15) is 0 Å². The molecular weight excluding hydrogens is 268 g/mol. The molecule has 0 radical (unpaired) electrons. The summed E-state index contributed by atoms with van der Waals surface area (Å²) in [5, 5.41) is 3.47. The van der Waals surface area contributed by atoms with E-state index < -0.39 is 0 Å². The van der Waals surface area contributed by atoms with Crippen molar-refractivity contribution >= 4 is 5.57 Å². The van der Waals surface area contributed by atoms with Crippen LogP contribution in [-0.2, 0) is 12.8 Å². The van der Waals surface area contributed by atoms with Gasteiger partial charge < -0.3 is 5.32 Å². The van der Waals surface area contributed by atoms with Crippen molar-refractivity contribution in [2.45, 2.75) is 32.6 Å². The SMILES string of the molecule is Cc1cnc2c(c1)CCc1ccccc1C2=C1CCNCC1. The van der Waals surface area contributed by atoms with Crippen LogP contribution in [0.5, 0.6) is 0 Å². The van der Waals surface area contributed by atoms with E-state index in [1.165, 1.54) is 33.5 Å². The molecule has 1 fully saturated rings. The van der Waals surface area contributed by atoms with Gasteiger partial charge in [0.2, 0.25) is 0 Å². The lowest BCUT2D eigenvalue weighted by Gasteiger charge is -2.21. The molecule has 0 atom stereocenters. The Kier molecular flexibility index (Phi) is 3.55. The van der Waals surface area contributed by atoms with Gasteiger partial charge in [-0.1, -0.05) is 35.9 Å². The molecule has 1 aromatic carbocycles. The van der Waals surface area contributed by atoms with Crippen molar-refractivity contribution < 1.29 is 0 Å². The van der Waals surface area contributed by atoms with Crippen LogP contribution in [0.25, 0.3) is 5.57 Å². The second kappa shape index (κ2) is 5.69. The molecule has 1 aliphatic carbocycles. The number of aromatic nitrogens is 1. The maximum Gasteiger partial charge on any atom is 0.0739 e. The Balaban J connectivity index is 1.98. The van der Waals surface area contributed by atoms with E-state index in [0.717, 1.165) is 38.8 Å². The Bertz CT molecular complexity index is 735. The topological polar surface area (TPSA) is 24.9 Å². The van der Waals surface area contributed by atoms with Gasteiger partial charge >= 0.3 is 0 Å². The highest BCUT2D eigenvalue weighted by molar-refractivity contribution is 5.84. The van der Waals surface area contributed by atoms with Crippen molar-refractivity contribution in [3.63, 3.8) is 0 Å². The van der Waals surface area contributed by atoms with E-state index in [4.69, 9.17) is 4.98 Å². The first kappa shape index (κ1) is 13.7. The average molecular weight is 290 g/mol. The molecule has 0 bridgehead atoms. The van der Waals surface area contributed by atoms with Crippen molar-refractivity contribution in [1.82, 2.24) is 10.3 Å². The smallest absolute Gasteiger partial charge is 0.0739 e. The third-order valence-corrected chi connectivity index (χ3v) is 4.85. The minimum absolute atomic E-state index is 1.09. The summed E-state index contributed by atoms with van der Waals surface area (Å²) in [6.07, 6.45) is 6.51. The third kappa shape index (κ3) is 2.38. The van der Waals surface area contributed by atoms with Crippen LogP contribution in [0.1, 0.15) is 40.8 Å². The van der Waals surface area contributed by atoms with Crippen LogP contribution in [0, 0.1) is 6.92 Å². The van der Waals surface area contributed by atoms with Gasteiger partial charge in [-0.25, -0.2) is 0 Å². The maximum absolute atomic E-state index is 4.86. The van der Waals surface area contributed by atoms with Crippen LogP contribution in [0.3, 0.4) is 0 Å². The normalized spacial score (nSPS) is 17.7. The molecule has 0 amide bonds. The van der Waals surface area contributed by atoms with E-state index in [1.807, 2.05) is 6.20 Å². The fourth-order valence-electron chi connectivity index (χ4n) is 3.76. The first-order valence-corrected chi connectivity index (χ1v) is 8.30. The van der Waals surface area contributed by atoms with Crippen LogP contribution in [-0.4, -0.2) is 18.1 Å². The van der Waals surface area contributed by atoms with Gasteiger partial charge in [0.25, 0.3) is 0 Å². The first-order chi connectivity index (χ1) is 10.8. The number of nitrogens with one attached hydrogen (secondary N) is 1. The van der Waals surface area contributed by atoms with Crippen LogP contribution < -0.4 is 5.32 Å². The summed E-state index contributed by atoms with van der Waals surface area (Å²) in [7, 11) is 0. The quantitative estimate of drug-likeness (QED) is 0.800. The second-order valence-electron chi connectivity index (χ2n) is 6.41. The van der Waals surface area contributed by atoms with Gasteiger partial charge in [0.1, 0.15) is 0 Å². The molecule has 2 aliphatic rings. The lowest BCUT2D eigenvalue weighted by molar-refractivity contribution is 0.611. The number of benzene rings is 1. The Morgan fingerprint density at radius 1 is 0.955 bits per heavy atom. The molecule has 0 unspecified atom stereocenters. The Hall–Kier alpha value is -1.93. The molecule has 1 aliphatic heterocycles. The van der Waals surface area contributed by atoms with E-state index in [-0.39, 0.29) is 0 Å². The van der Waals surface area contributed by atoms with Gasteiger partial charge in [0, 0.05) is 11.8 Å². The minimum Gasteiger partial charge on any atom is -0.316 e. The van der Waals surface area contributed by atoms with Crippen molar-refractivity contribution in [3.8, 4) is 0 Å². The lowest BCUT2D eigenvalue weighted by atomic mass is 9.89. The highest BCUT2D eigenvalue weighted by atomic mass is 14.9. The summed E-state index contributed by atoms with van der Waals surface area (Å²) in [5.41, 5.74) is 9.79. The zero-order valence-electron chi connectivity index (χ0n) is 13.2. The molecule has 1 aromatic heterocycles. The number of hydrogen-bond donors (Lipinski definition) is 1. The summed E-state index contributed by atoms with van der Waals surface area (Å²) < 4.78 is 0. The van der Waals surface area contributed by atoms with E-state index >= 15 is 0 Å². The van der Waals surface area contributed by atoms with Crippen LogP contribution in [0.4, 0.5) is 0 Å². The highest BCUT2D eigenvalue weighted by Crippen LogP contribution is 2.36. The number of hydrogen-bond acceptors (Lipinski definition) is 2. The molecular formula is C20H22N2. The van der Waals surface area contributed by atoms with Gasteiger partial charge in [0.05, 0.1) is 5.69 Å². The minimum atomic E-state index is 1.09. The standard InChI is InChI=1S/C20H22N2/c1-14-12-17-7-6-15-4-2-3-5-18(15)19(20(17)22-13-14)16-8-10-21-11-9-16/h2-5,12-13,21H,6-11H2,1H3. The number of nitrogens with zero attached hydrogens (tertiary/aromatic N) is 1. The largest absolute Gasteiger partial charge is 0.316 e. The molecule has 2 aromatic rings. The predicted octanol–water partition coefficient (Wildman–Crippen LogP) is 3.67.